The van der Waals surface area contributed by atoms with Crippen LogP contribution < -0.4 is 11.1 Å². The van der Waals surface area contributed by atoms with Crippen molar-refractivity contribution in [3.05, 3.63) is 34.6 Å². The van der Waals surface area contributed by atoms with Crippen LogP contribution in [0.3, 0.4) is 0 Å². The first-order valence-corrected chi connectivity index (χ1v) is 5.79. The van der Waals surface area contributed by atoms with E-state index in [-0.39, 0.29) is 11.9 Å². The quantitative estimate of drug-likeness (QED) is 0.836. The summed E-state index contributed by atoms with van der Waals surface area (Å²) in [6.45, 7) is 5.20. The molecule has 90 valence electrons. The molecule has 1 aromatic carbocycles. The van der Waals surface area contributed by atoms with Crippen molar-refractivity contribution < 1.29 is 4.39 Å². The third kappa shape index (κ3) is 3.74. The van der Waals surface area contributed by atoms with Crippen LogP contribution in [0.2, 0.25) is 5.02 Å². The van der Waals surface area contributed by atoms with Gasteiger partial charge in [0.2, 0.25) is 0 Å². The molecule has 0 heterocycles. The van der Waals surface area contributed by atoms with Crippen molar-refractivity contribution in [2.24, 2.45) is 11.7 Å². The number of rotatable bonds is 5. The van der Waals surface area contributed by atoms with E-state index in [2.05, 4.69) is 19.2 Å². The maximum Gasteiger partial charge on any atom is 0.129 e. The number of nitrogens with one attached hydrogen (secondary N) is 1. The molecule has 0 amide bonds. The minimum Gasteiger partial charge on any atom is -0.329 e. The molecule has 4 heteroatoms. The van der Waals surface area contributed by atoms with Gasteiger partial charge in [0.15, 0.2) is 0 Å². The Bertz CT molecular complexity index is 342. The van der Waals surface area contributed by atoms with Crippen molar-refractivity contribution >= 4 is 11.6 Å². The molecule has 0 spiro atoms. The van der Waals surface area contributed by atoms with Crippen molar-refractivity contribution in [1.29, 1.82) is 0 Å². The second kappa shape index (κ2) is 6.18. The monoisotopic (exact) mass is 244 g/mol. The molecule has 0 fully saturated rings. The number of halogens is 2. The highest BCUT2D eigenvalue weighted by molar-refractivity contribution is 6.30. The summed E-state index contributed by atoms with van der Waals surface area (Å²) in [4.78, 5) is 0. The van der Waals surface area contributed by atoms with E-state index in [1.807, 2.05) is 0 Å². The van der Waals surface area contributed by atoms with Crippen molar-refractivity contribution in [2.45, 2.75) is 26.4 Å². The maximum absolute atomic E-state index is 13.5. The zero-order valence-electron chi connectivity index (χ0n) is 9.63. The average molecular weight is 245 g/mol. The summed E-state index contributed by atoms with van der Waals surface area (Å²) in [6, 6.07) is 4.91. The van der Waals surface area contributed by atoms with Gasteiger partial charge in [-0.25, -0.2) is 4.39 Å². The summed E-state index contributed by atoms with van der Waals surface area (Å²) < 4.78 is 13.5. The summed E-state index contributed by atoms with van der Waals surface area (Å²) in [5, 5.41) is 3.65. The Kier molecular flexibility index (Phi) is 5.19. The second-order valence-electron chi connectivity index (χ2n) is 4.20. The fourth-order valence-electron chi connectivity index (χ4n) is 1.50. The molecule has 1 rings (SSSR count). The molecule has 0 aliphatic rings. The predicted molar refractivity (Wildman–Crippen MR) is 65.9 cm³/mol. The molecule has 0 aliphatic carbocycles. The fraction of sp³-hybridized carbons (Fsp3) is 0.500. The molecule has 0 radical (unpaired) electrons. The van der Waals surface area contributed by atoms with Gasteiger partial charge >= 0.3 is 0 Å². The van der Waals surface area contributed by atoms with Crippen LogP contribution in [-0.4, -0.2) is 12.6 Å². The Labute approximate surface area is 101 Å². The molecular formula is C12H18ClFN2. The lowest BCUT2D eigenvalue weighted by atomic mass is 10.0. The Balaban J connectivity index is 2.60. The predicted octanol–water partition coefficient (Wildman–Crippen LogP) is 2.55. The molecular weight excluding hydrogens is 227 g/mol. The molecule has 0 saturated heterocycles. The highest BCUT2D eigenvalue weighted by Crippen LogP contribution is 2.14. The number of hydrogen-bond acceptors (Lipinski definition) is 2. The van der Waals surface area contributed by atoms with Crippen LogP contribution in [0.25, 0.3) is 0 Å². The summed E-state index contributed by atoms with van der Waals surface area (Å²) in [7, 11) is 0. The van der Waals surface area contributed by atoms with Crippen LogP contribution >= 0.6 is 11.6 Å². The lowest BCUT2D eigenvalue weighted by molar-refractivity contribution is 0.401. The molecule has 0 aromatic heterocycles. The summed E-state index contributed by atoms with van der Waals surface area (Å²) in [5.74, 6) is 0.153. The second-order valence-corrected chi connectivity index (χ2v) is 4.64. The Morgan fingerprint density at radius 1 is 1.44 bits per heavy atom. The Morgan fingerprint density at radius 3 is 2.62 bits per heavy atom. The number of nitrogens with two attached hydrogens (primary N) is 1. The van der Waals surface area contributed by atoms with Gasteiger partial charge in [0.05, 0.1) is 0 Å². The van der Waals surface area contributed by atoms with Crippen molar-refractivity contribution in [2.75, 3.05) is 6.54 Å². The van der Waals surface area contributed by atoms with Crippen LogP contribution in [0.5, 0.6) is 0 Å². The largest absolute Gasteiger partial charge is 0.329 e. The van der Waals surface area contributed by atoms with Gasteiger partial charge in [0.1, 0.15) is 5.82 Å². The van der Waals surface area contributed by atoms with E-state index in [1.54, 1.807) is 12.1 Å². The van der Waals surface area contributed by atoms with Crippen LogP contribution in [0.15, 0.2) is 18.2 Å². The van der Waals surface area contributed by atoms with E-state index in [9.17, 15) is 4.39 Å². The molecule has 0 saturated carbocycles. The van der Waals surface area contributed by atoms with Crippen molar-refractivity contribution in [3.8, 4) is 0 Å². The highest BCUT2D eigenvalue weighted by atomic mass is 35.5. The van der Waals surface area contributed by atoms with Crippen LogP contribution in [0.1, 0.15) is 19.4 Å². The summed E-state index contributed by atoms with van der Waals surface area (Å²) >= 11 is 5.68. The van der Waals surface area contributed by atoms with Gasteiger partial charge in [-0.1, -0.05) is 31.5 Å². The van der Waals surface area contributed by atoms with E-state index >= 15 is 0 Å². The first kappa shape index (κ1) is 13.4. The zero-order chi connectivity index (χ0) is 12.1. The first-order chi connectivity index (χ1) is 7.54. The van der Waals surface area contributed by atoms with E-state index < -0.39 is 0 Å². The average Bonchev–Trinajstić information content (AvgIpc) is 2.21. The van der Waals surface area contributed by atoms with Gasteiger partial charge in [-0.05, 0) is 18.1 Å². The van der Waals surface area contributed by atoms with Gasteiger partial charge in [0, 0.05) is 29.7 Å². The summed E-state index contributed by atoms with van der Waals surface area (Å²) in [5.41, 5.74) is 6.24. The topological polar surface area (TPSA) is 38.0 Å². The minimum atomic E-state index is -0.278. The Morgan fingerprint density at radius 2 is 2.12 bits per heavy atom. The molecule has 16 heavy (non-hydrogen) atoms. The van der Waals surface area contributed by atoms with Gasteiger partial charge < -0.3 is 11.1 Å². The van der Waals surface area contributed by atoms with Gasteiger partial charge in [-0.2, -0.15) is 0 Å². The maximum atomic E-state index is 13.5. The molecule has 1 atom stereocenters. The summed E-state index contributed by atoms with van der Waals surface area (Å²) in [6.07, 6.45) is 0. The fourth-order valence-corrected chi connectivity index (χ4v) is 1.66. The third-order valence-corrected chi connectivity index (χ3v) is 2.86. The normalized spacial score (nSPS) is 13.1. The van der Waals surface area contributed by atoms with Crippen molar-refractivity contribution in [1.82, 2.24) is 5.32 Å². The smallest absolute Gasteiger partial charge is 0.129 e. The highest BCUT2D eigenvalue weighted by Gasteiger charge is 2.11. The molecule has 0 aliphatic heterocycles. The van der Waals surface area contributed by atoms with E-state index in [4.69, 9.17) is 17.3 Å². The standard InChI is InChI=1S/C12H18ClFN2/c1-8(2)12(6-15)16-7-9-3-4-10(13)5-11(9)14/h3-5,8,12,16H,6-7,15H2,1-2H3. The van der Waals surface area contributed by atoms with Gasteiger partial charge in [-0.3, -0.25) is 0 Å². The van der Waals surface area contributed by atoms with E-state index in [1.165, 1.54) is 6.07 Å². The first-order valence-electron chi connectivity index (χ1n) is 5.42. The lowest BCUT2D eigenvalue weighted by Gasteiger charge is -2.20. The van der Waals surface area contributed by atoms with Crippen LogP contribution in [0.4, 0.5) is 4.39 Å². The number of benzene rings is 1. The molecule has 3 N–H and O–H groups in total. The van der Waals surface area contributed by atoms with Crippen molar-refractivity contribution in [3.63, 3.8) is 0 Å². The van der Waals surface area contributed by atoms with E-state index in [0.29, 0.717) is 29.6 Å². The molecule has 2 nitrogen and oxygen atoms in total. The zero-order valence-corrected chi connectivity index (χ0v) is 10.4. The lowest BCUT2D eigenvalue weighted by Crippen LogP contribution is -2.39. The molecule has 1 unspecified atom stereocenters. The van der Waals surface area contributed by atoms with Gasteiger partial charge in [-0.15, -0.1) is 0 Å². The van der Waals surface area contributed by atoms with Crippen LogP contribution in [0, 0.1) is 11.7 Å². The third-order valence-electron chi connectivity index (χ3n) is 2.63. The molecule has 0 bridgehead atoms. The van der Waals surface area contributed by atoms with Crippen LogP contribution in [-0.2, 0) is 6.54 Å². The SMILES string of the molecule is CC(C)C(CN)NCc1ccc(Cl)cc1F. The minimum absolute atomic E-state index is 0.204. The molecule has 1 aromatic rings. The Hall–Kier alpha value is -0.640. The van der Waals surface area contributed by atoms with Gasteiger partial charge in [0.25, 0.3) is 0 Å². The number of hydrogen-bond donors (Lipinski definition) is 2. The van der Waals surface area contributed by atoms with E-state index in [0.717, 1.165) is 0 Å².